The zero-order chi connectivity index (χ0) is 16.6. The Morgan fingerprint density at radius 3 is 2.45 bits per heavy atom. The zero-order valence-electron chi connectivity index (χ0n) is 13.2. The predicted octanol–water partition coefficient (Wildman–Crippen LogP) is 2.13. The molecule has 22 heavy (non-hydrogen) atoms. The highest BCUT2D eigenvalue weighted by molar-refractivity contribution is 7.92. The number of sulfonamides is 1. The summed E-state index contributed by atoms with van der Waals surface area (Å²) in [5, 5.41) is 3.99. The normalized spacial score (nSPS) is 12.0. The molecule has 1 aromatic rings. The van der Waals surface area contributed by atoms with Gasteiger partial charge in [0.1, 0.15) is 6.54 Å². The van der Waals surface area contributed by atoms with Gasteiger partial charge in [0.15, 0.2) is 0 Å². The van der Waals surface area contributed by atoms with Crippen LogP contribution in [0.15, 0.2) is 35.4 Å². The van der Waals surface area contributed by atoms with Crippen LogP contribution in [0, 0.1) is 0 Å². The minimum Gasteiger partial charge on any atom is -0.271 e. The molecule has 7 heteroatoms. The maximum Gasteiger partial charge on any atom is 0.260 e. The van der Waals surface area contributed by atoms with E-state index in [1.54, 1.807) is 30.3 Å². The maximum atomic E-state index is 11.9. The lowest BCUT2D eigenvalue weighted by Gasteiger charge is -2.21. The van der Waals surface area contributed by atoms with Gasteiger partial charge in [-0.05, 0) is 31.9 Å². The number of carbonyl (C=O) groups is 1. The standard InChI is InChI=1S/C15H23N3O3S/c1-4-5-9-13(2)16-17-15(19)12-18(22(3,20)21)14-10-7-6-8-11-14/h6-8,10-11H,4-5,9,12H2,1-3H3,(H,17,19)/b16-13+. The lowest BCUT2D eigenvalue weighted by Crippen LogP contribution is -2.39. The molecule has 0 atom stereocenters. The Morgan fingerprint density at radius 1 is 1.27 bits per heavy atom. The second-order valence-electron chi connectivity index (χ2n) is 5.09. The molecule has 0 spiro atoms. The van der Waals surface area contributed by atoms with Gasteiger partial charge >= 0.3 is 0 Å². The fraction of sp³-hybridized carbons (Fsp3) is 0.467. The molecule has 0 radical (unpaired) electrons. The first-order valence-electron chi connectivity index (χ1n) is 7.19. The SMILES string of the molecule is CCCC/C(C)=N/NC(=O)CN(c1ccccc1)S(C)(=O)=O. The van der Waals surface area contributed by atoms with Crippen molar-refractivity contribution in [3.05, 3.63) is 30.3 Å². The highest BCUT2D eigenvalue weighted by atomic mass is 32.2. The lowest BCUT2D eigenvalue weighted by atomic mass is 10.2. The fourth-order valence-corrected chi connectivity index (χ4v) is 2.66. The summed E-state index contributed by atoms with van der Waals surface area (Å²) in [6.45, 7) is 3.62. The molecule has 1 aromatic carbocycles. The second kappa shape index (κ2) is 8.53. The van der Waals surface area contributed by atoms with Gasteiger partial charge in [0, 0.05) is 5.71 Å². The van der Waals surface area contributed by atoms with Crippen molar-refractivity contribution in [3.8, 4) is 0 Å². The van der Waals surface area contributed by atoms with Crippen LogP contribution in [0.25, 0.3) is 0 Å². The number of anilines is 1. The molecule has 0 unspecified atom stereocenters. The molecule has 1 rings (SSSR count). The molecule has 0 saturated carbocycles. The quantitative estimate of drug-likeness (QED) is 0.587. The van der Waals surface area contributed by atoms with Crippen LogP contribution in [0.1, 0.15) is 33.1 Å². The van der Waals surface area contributed by atoms with Gasteiger partial charge < -0.3 is 0 Å². The summed E-state index contributed by atoms with van der Waals surface area (Å²) < 4.78 is 24.8. The molecule has 0 fully saturated rings. The number of amides is 1. The van der Waals surface area contributed by atoms with Gasteiger partial charge in [-0.15, -0.1) is 0 Å². The number of nitrogens with one attached hydrogen (secondary N) is 1. The minimum atomic E-state index is -3.54. The van der Waals surface area contributed by atoms with E-state index in [2.05, 4.69) is 17.5 Å². The molecular formula is C15H23N3O3S. The van der Waals surface area contributed by atoms with Crippen molar-refractivity contribution in [1.82, 2.24) is 5.43 Å². The number of rotatable bonds is 8. The summed E-state index contributed by atoms with van der Waals surface area (Å²) in [6, 6.07) is 8.51. The molecule has 0 aliphatic heterocycles. The number of hydrogen-bond donors (Lipinski definition) is 1. The van der Waals surface area contributed by atoms with Crippen LogP contribution in [0.3, 0.4) is 0 Å². The third kappa shape index (κ3) is 6.26. The first kappa shape index (κ1) is 18.2. The second-order valence-corrected chi connectivity index (χ2v) is 7.00. The highest BCUT2D eigenvalue weighted by Gasteiger charge is 2.20. The van der Waals surface area contributed by atoms with E-state index in [9.17, 15) is 13.2 Å². The Balaban J connectivity index is 2.74. The first-order valence-corrected chi connectivity index (χ1v) is 9.04. The average Bonchev–Trinajstić information content (AvgIpc) is 2.48. The summed E-state index contributed by atoms with van der Waals surface area (Å²) in [5.74, 6) is -0.467. The van der Waals surface area contributed by atoms with E-state index >= 15 is 0 Å². The van der Waals surface area contributed by atoms with Crippen molar-refractivity contribution in [2.45, 2.75) is 33.1 Å². The first-order chi connectivity index (χ1) is 10.3. The van der Waals surface area contributed by atoms with E-state index in [1.165, 1.54) is 0 Å². The minimum absolute atomic E-state index is 0.298. The van der Waals surface area contributed by atoms with Crippen molar-refractivity contribution < 1.29 is 13.2 Å². The molecule has 0 saturated heterocycles. The van der Waals surface area contributed by atoms with Crippen molar-refractivity contribution in [2.75, 3.05) is 17.1 Å². The van der Waals surface area contributed by atoms with E-state index in [4.69, 9.17) is 0 Å². The van der Waals surface area contributed by atoms with E-state index in [1.807, 2.05) is 6.92 Å². The molecule has 1 N–H and O–H groups in total. The van der Waals surface area contributed by atoms with E-state index in [0.29, 0.717) is 5.69 Å². The van der Waals surface area contributed by atoms with Gasteiger partial charge in [-0.25, -0.2) is 13.8 Å². The average molecular weight is 325 g/mol. The van der Waals surface area contributed by atoms with E-state index in [-0.39, 0.29) is 6.54 Å². The van der Waals surface area contributed by atoms with Crippen LogP contribution in [-0.2, 0) is 14.8 Å². The van der Waals surface area contributed by atoms with Crippen molar-refractivity contribution >= 4 is 27.3 Å². The van der Waals surface area contributed by atoms with Gasteiger partial charge in [-0.2, -0.15) is 5.10 Å². The zero-order valence-corrected chi connectivity index (χ0v) is 14.1. The number of carbonyl (C=O) groups excluding carboxylic acids is 1. The Morgan fingerprint density at radius 2 is 1.91 bits per heavy atom. The number of para-hydroxylation sites is 1. The maximum absolute atomic E-state index is 11.9. The Hall–Kier alpha value is -1.89. The highest BCUT2D eigenvalue weighted by Crippen LogP contribution is 2.16. The van der Waals surface area contributed by atoms with Gasteiger partial charge in [0.25, 0.3) is 5.91 Å². The molecule has 1 amide bonds. The van der Waals surface area contributed by atoms with Gasteiger partial charge in [0.05, 0.1) is 11.9 Å². The topological polar surface area (TPSA) is 78.8 Å². The van der Waals surface area contributed by atoms with Crippen molar-refractivity contribution in [3.63, 3.8) is 0 Å². The van der Waals surface area contributed by atoms with Crippen LogP contribution < -0.4 is 9.73 Å². The van der Waals surface area contributed by atoms with Gasteiger partial charge in [-0.1, -0.05) is 31.5 Å². The Labute approximate surface area is 132 Å². The molecule has 0 aliphatic rings. The van der Waals surface area contributed by atoms with E-state index < -0.39 is 15.9 Å². The number of hydrazone groups is 1. The fourth-order valence-electron chi connectivity index (χ4n) is 1.81. The number of nitrogens with zero attached hydrogens (tertiary/aromatic N) is 2. The Bertz CT molecular complexity index is 612. The van der Waals surface area contributed by atoms with Gasteiger partial charge in [0.2, 0.25) is 10.0 Å². The summed E-state index contributed by atoms with van der Waals surface area (Å²) >= 11 is 0. The van der Waals surface area contributed by atoms with Crippen molar-refractivity contribution in [2.24, 2.45) is 5.10 Å². The largest absolute Gasteiger partial charge is 0.271 e. The summed E-state index contributed by atoms with van der Waals surface area (Å²) in [5.41, 5.74) is 3.68. The predicted molar refractivity (Wildman–Crippen MR) is 89.4 cm³/mol. The monoisotopic (exact) mass is 325 g/mol. The van der Waals surface area contributed by atoms with Gasteiger partial charge in [-0.3, -0.25) is 9.10 Å². The van der Waals surface area contributed by atoms with Crippen LogP contribution >= 0.6 is 0 Å². The number of benzene rings is 1. The molecule has 0 heterocycles. The van der Waals surface area contributed by atoms with Crippen molar-refractivity contribution in [1.29, 1.82) is 0 Å². The third-order valence-corrected chi connectivity index (χ3v) is 4.14. The molecule has 0 aromatic heterocycles. The molecule has 0 aliphatic carbocycles. The van der Waals surface area contributed by atoms with Crippen LogP contribution in [0.5, 0.6) is 0 Å². The third-order valence-electron chi connectivity index (χ3n) is 3.00. The van der Waals surface area contributed by atoms with Crippen LogP contribution in [0.2, 0.25) is 0 Å². The van der Waals surface area contributed by atoms with Crippen LogP contribution in [-0.4, -0.2) is 32.8 Å². The van der Waals surface area contributed by atoms with E-state index in [0.717, 1.165) is 35.5 Å². The molecule has 6 nitrogen and oxygen atoms in total. The summed E-state index contributed by atoms with van der Waals surface area (Å²) in [7, 11) is -3.54. The number of unbranched alkanes of at least 4 members (excludes halogenated alkanes) is 1. The Kier molecular flexibility index (Phi) is 7.04. The summed E-state index contributed by atoms with van der Waals surface area (Å²) in [6.07, 6.45) is 3.94. The lowest BCUT2D eigenvalue weighted by molar-refractivity contribution is -0.119. The summed E-state index contributed by atoms with van der Waals surface area (Å²) in [4.78, 5) is 11.9. The van der Waals surface area contributed by atoms with Crippen LogP contribution in [0.4, 0.5) is 5.69 Å². The molecule has 0 bridgehead atoms. The molecular weight excluding hydrogens is 302 g/mol. The number of hydrogen-bond acceptors (Lipinski definition) is 4. The smallest absolute Gasteiger partial charge is 0.260 e. The molecule has 122 valence electrons.